The Morgan fingerprint density at radius 3 is 2.78 bits per heavy atom. The SMILES string of the molecule is Cc1cccc(N2C(=O)Cc3cc(F)ccc32)c1. The van der Waals surface area contributed by atoms with Crippen molar-refractivity contribution in [3.05, 3.63) is 59.4 Å². The summed E-state index contributed by atoms with van der Waals surface area (Å²) in [6.07, 6.45) is 0.265. The normalized spacial score (nSPS) is 13.9. The fourth-order valence-corrected chi connectivity index (χ4v) is 2.34. The average Bonchev–Trinajstić information content (AvgIpc) is 2.64. The molecule has 0 unspecified atom stereocenters. The molecule has 0 fully saturated rings. The lowest BCUT2D eigenvalue weighted by Crippen LogP contribution is -2.20. The van der Waals surface area contributed by atoms with Crippen LogP contribution in [0.25, 0.3) is 0 Å². The largest absolute Gasteiger partial charge is 0.280 e. The highest BCUT2D eigenvalue weighted by Gasteiger charge is 2.28. The zero-order chi connectivity index (χ0) is 12.7. The molecule has 0 aliphatic carbocycles. The van der Waals surface area contributed by atoms with Crippen LogP contribution in [0, 0.1) is 12.7 Å². The first-order valence-electron chi connectivity index (χ1n) is 5.83. The van der Waals surface area contributed by atoms with E-state index in [0.717, 1.165) is 22.5 Å². The molecule has 0 bridgehead atoms. The molecule has 0 radical (unpaired) electrons. The maximum Gasteiger partial charge on any atom is 0.236 e. The number of aryl methyl sites for hydroxylation is 1. The smallest absolute Gasteiger partial charge is 0.236 e. The quantitative estimate of drug-likeness (QED) is 0.749. The molecule has 2 nitrogen and oxygen atoms in total. The van der Waals surface area contributed by atoms with Crippen LogP contribution in [0.5, 0.6) is 0 Å². The van der Waals surface area contributed by atoms with Gasteiger partial charge in [-0.3, -0.25) is 9.69 Å². The third kappa shape index (κ3) is 1.68. The molecular weight excluding hydrogens is 229 g/mol. The van der Waals surface area contributed by atoms with Gasteiger partial charge in [-0.2, -0.15) is 0 Å². The first-order valence-corrected chi connectivity index (χ1v) is 5.83. The fraction of sp³-hybridized carbons (Fsp3) is 0.133. The maximum absolute atomic E-state index is 13.2. The van der Waals surface area contributed by atoms with E-state index in [1.54, 1.807) is 11.0 Å². The van der Waals surface area contributed by atoms with Crippen LogP contribution < -0.4 is 4.90 Å². The molecule has 2 aromatic rings. The van der Waals surface area contributed by atoms with Gasteiger partial charge in [0.15, 0.2) is 0 Å². The van der Waals surface area contributed by atoms with E-state index in [4.69, 9.17) is 0 Å². The van der Waals surface area contributed by atoms with E-state index in [2.05, 4.69) is 0 Å². The van der Waals surface area contributed by atoms with Gasteiger partial charge < -0.3 is 0 Å². The number of fused-ring (bicyclic) bond motifs is 1. The van der Waals surface area contributed by atoms with Crippen LogP contribution in [0.3, 0.4) is 0 Å². The molecule has 1 amide bonds. The van der Waals surface area contributed by atoms with Gasteiger partial charge in [0.1, 0.15) is 5.82 Å². The van der Waals surface area contributed by atoms with Gasteiger partial charge in [0.2, 0.25) is 5.91 Å². The summed E-state index contributed by atoms with van der Waals surface area (Å²) in [4.78, 5) is 13.7. The first-order chi connectivity index (χ1) is 8.65. The maximum atomic E-state index is 13.2. The minimum absolute atomic E-state index is 0.0128. The van der Waals surface area contributed by atoms with E-state index >= 15 is 0 Å². The number of amides is 1. The van der Waals surface area contributed by atoms with E-state index in [1.165, 1.54) is 12.1 Å². The summed E-state index contributed by atoms with van der Waals surface area (Å²) < 4.78 is 13.2. The third-order valence-corrected chi connectivity index (χ3v) is 3.13. The monoisotopic (exact) mass is 241 g/mol. The zero-order valence-corrected chi connectivity index (χ0v) is 9.98. The van der Waals surface area contributed by atoms with Crippen LogP contribution in [0.4, 0.5) is 15.8 Å². The summed E-state index contributed by atoms with van der Waals surface area (Å²) in [6.45, 7) is 1.98. The predicted octanol–water partition coefficient (Wildman–Crippen LogP) is 3.35. The molecule has 0 N–H and O–H groups in total. The molecule has 0 spiro atoms. The van der Waals surface area contributed by atoms with E-state index in [9.17, 15) is 9.18 Å². The molecule has 3 rings (SSSR count). The highest BCUT2D eigenvalue weighted by atomic mass is 19.1. The Labute approximate surface area is 105 Å². The number of halogens is 1. The minimum atomic E-state index is -0.298. The van der Waals surface area contributed by atoms with Crippen LogP contribution in [-0.4, -0.2) is 5.91 Å². The Morgan fingerprint density at radius 1 is 1.17 bits per heavy atom. The molecule has 0 saturated heterocycles. The summed E-state index contributed by atoms with van der Waals surface area (Å²) in [7, 11) is 0. The summed E-state index contributed by atoms with van der Waals surface area (Å²) >= 11 is 0. The highest BCUT2D eigenvalue weighted by Crippen LogP contribution is 2.35. The highest BCUT2D eigenvalue weighted by molar-refractivity contribution is 6.07. The lowest BCUT2D eigenvalue weighted by Gasteiger charge is -2.18. The Bertz CT molecular complexity index is 636. The van der Waals surface area contributed by atoms with Crippen LogP contribution in [0.15, 0.2) is 42.5 Å². The van der Waals surface area contributed by atoms with Crippen molar-refractivity contribution in [3.63, 3.8) is 0 Å². The Kier molecular flexibility index (Phi) is 2.40. The second kappa shape index (κ2) is 3.95. The van der Waals surface area contributed by atoms with Crippen molar-refractivity contribution in [2.24, 2.45) is 0 Å². The second-order valence-corrected chi connectivity index (χ2v) is 4.52. The van der Waals surface area contributed by atoms with Crippen LogP contribution in [0.1, 0.15) is 11.1 Å². The standard InChI is InChI=1S/C15H12FNO/c1-10-3-2-4-13(7-10)17-14-6-5-12(16)8-11(14)9-15(17)18/h2-8H,9H2,1H3. The third-order valence-electron chi connectivity index (χ3n) is 3.13. The summed E-state index contributed by atoms with van der Waals surface area (Å²) in [5, 5.41) is 0. The minimum Gasteiger partial charge on any atom is -0.280 e. The van der Waals surface area contributed by atoms with Gasteiger partial charge in [0.25, 0.3) is 0 Å². The van der Waals surface area contributed by atoms with Crippen LogP contribution >= 0.6 is 0 Å². The summed E-state index contributed by atoms with van der Waals surface area (Å²) in [5.74, 6) is -0.311. The molecule has 3 heteroatoms. The van der Waals surface area contributed by atoms with Crippen molar-refractivity contribution in [3.8, 4) is 0 Å². The number of hydrogen-bond acceptors (Lipinski definition) is 1. The van der Waals surface area contributed by atoms with Crippen LogP contribution in [-0.2, 0) is 11.2 Å². The summed E-state index contributed by atoms with van der Waals surface area (Å²) in [6, 6.07) is 12.2. The molecule has 0 atom stereocenters. The van der Waals surface area contributed by atoms with E-state index < -0.39 is 0 Å². The number of nitrogens with zero attached hydrogens (tertiary/aromatic N) is 1. The van der Waals surface area contributed by atoms with Crippen molar-refractivity contribution >= 4 is 17.3 Å². The van der Waals surface area contributed by atoms with Gasteiger partial charge in [0.05, 0.1) is 12.1 Å². The van der Waals surface area contributed by atoms with Crippen molar-refractivity contribution in [2.75, 3.05) is 4.90 Å². The van der Waals surface area contributed by atoms with Crippen molar-refractivity contribution in [1.82, 2.24) is 0 Å². The fourth-order valence-electron chi connectivity index (χ4n) is 2.34. The molecule has 1 heterocycles. The number of benzene rings is 2. The van der Waals surface area contributed by atoms with Gasteiger partial charge in [-0.15, -0.1) is 0 Å². The topological polar surface area (TPSA) is 20.3 Å². The molecule has 1 aliphatic heterocycles. The van der Waals surface area contributed by atoms with Crippen LogP contribution in [0.2, 0.25) is 0 Å². The Hall–Kier alpha value is -2.16. The molecule has 1 aliphatic rings. The molecule has 0 aromatic heterocycles. The van der Waals surface area contributed by atoms with Gasteiger partial charge in [0, 0.05) is 5.69 Å². The van der Waals surface area contributed by atoms with Gasteiger partial charge in [-0.1, -0.05) is 12.1 Å². The molecule has 2 aromatic carbocycles. The van der Waals surface area contributed by atoms with Gasteiger partial charge in [-0.25, -0.2) is 4.39 Å². The number of hydrogen-bond donors (Lipinski definition) is 0. The van der Waals surface area contributed by atoms with E-state index in [1.807, 2.05) is 31.2 Å². The molecule has 0 saturated carbocycles. The lowest BCUT2D eigenvalue weighted by atomic mass is 10.1. The van der Waals surface area contributed by atoms with Crippen molar-refractivity contribution < 1.29 is 9.18 Å². The average molecular weight is 241 g/mol. The number of anilines is 2. The Balaban J connectivity index is 2.12. The van der Waals surface area contributed by atoms with Crippen molar-refractivity contribution in [2.45, 2.75) is 13.3 Å². The number of carbonyl (C=O) groups is 1. The van der Waals surface area contributed by atoms with E-state index in [-0.39, 0.29) is 18.1 Å². The van der Waals surface area contributed by atoms with Gasteiger partial charge in [-0.05, 0) is 48.4 Å². The molecule has 90 valence electrons. The number of carbonyl (C=O) groups excluding carboxylic acids is 1. The van der Waals surface area contributed by atoms with E-state index in [0.29, 0.717) is 0 Å². The lowest BCUT2D eigenvalue weighted by molar-refractivity contribution is -0.116. The first kappa shape index (κ1) is 11.0. The second-order valence-electron chi connectivity index (χ2n) is 4.52. The Morgan fingerprint density at radius 2 is 2.00 bits per heavy atom. The zero-order valence-electron chi connectivity index (χ0n) is 9.98. The molecule has 18 heavy (non-hydrogen) atoms. The van der Waals surface area contributed by atoms with Crippen molar-refractivity contribution in [1.29, 1.82) is 0 Å². The summed E-state index contributed by atoms with van der Waals surface area (Å²) in [5.41, 5.74) is 3.47. The van der Waals surface area contributed by atoms with Gasteiger partial charge >= 0.3 is 0 Å². The predicted molar refractivity (Wildman–Crippen MR) is 68.4 cm³/mol. The number of rotatable bonds is 1. The molecular formula is C15H12FNO.